The molecule has 0 atom stereocenters. The van der Waals surface area contributed by atoms with E-state index in [1.54, 1.807) is 0 Å². The normalized spacial score (nSPS) is 19.8. The number of rotatable bonds is 5. The van der Waals surface area contributed by atoms with Crippen LogP contribution in [0.15, 0.2) is 0 Å². The van der Waals surface area contributed by atoms with Crippen LogP contribution in [0.4, 0.5) is 0 Å². The molecule has 0 aliphatic heterocycles. The average Bonchev–Trinajstić information content (AvgIpc) is 2.74. The lowest BCUT2D eigenvalue weighted by Crippen LogP contribution is -2.60. The fourth-order valence-corrected chi connectivity index (χ4v) is 2.29. The second-order valence-electron chi connectivity index (χ2n) is 4.96. The summed E-state index contributed by atoms with van der Waals surface area (Å²) in [6.45, 7) is 3.91. The molecule has 4 nitrogen and oxygen atoms in total. The SMILES string of the molecule is CCC(CC)(CO)NC(=O)C1(N)CCCC1. The van der Waals surface area contributed by atoms with E-state index in [1.807, 2.05) is 13.8 Å². The second kappa shape index (κ2) is 5.15. The van der Waals surface area contributed by atoms with Crippen LogP contribution < -0.4 is 11.1 Å². The topological polar surface area (TPSA) is 75.3 Å². The summed E-state index contributed by atoms with van der Waals surface area (Å²) in [4.78, 5) is 12.1. The van der Waals surface area contributed by atoms with Crippen LogP contribution in [0.1, 0.15) is 52.4 Å². The molecule has 1 rings (SSSR count). The Morgan fingerprint density at radius 3 is 2.25 bits per heavy atom. The number of carbonyl (C=O) groups excluding carboxylic acids is 1. The summed E-state index contributed by atoms with van der Waals surface area (Å²) in [7, 11) is 0. The molecule has 0 heterocycles. The first-order chi connectivity index (χ1) is 7.52. The van der Waals surface area contributed by atoms with Crippen molar-refractivity contribution in [1.29, 1.82) is 0 Å². The fourth-order valence-electron chi connectivity index (χ4n) is 2.29. The van der Waals surface area contributed by atoms with Crippen LogP contribution in [0.2, 0.25) is 0 Å². The molecule has 0 aromatic carbocycles. The van der Waals surface area contributed by atoms with Crippen LogP contribution in [0, 0.1) is 0 Å². The van der Waals surface area contributed by atoms with Gasteiger partial charge in [0.2, 0.25) is 5.91 Å². The summed E-state index contributed by atoms with van der Waals surface area (Å²) >= 11 is 0. The van der Waals surface area contributed by atoms with Gasteiger partial charge in [-0.1, -0.05) is 26.7 Å². The third-order valence-electron chi connectivity index (χ3n) is 3.98. The molecule has 4 N–H and O–H groups in total. The van der Waals surface area contributed by atoms with Crippen LogP contribution in [-0.2, 0) is 4.79 Å². The van der Waals surface area contributed by atoms with Crippen LogP contribution >= 0.6 is 0 Å². The third kappa shape index (κ3) is 2.55. The number of hydrogen-bond donors (Lipinski definition) is 3. The minimum Gasteiger partial charge on any atom is -0.394 e. The molecular weight excluding hydrogens is 204 g/mol. The molecule has 1 saturated carbocycles. The van der Waals surface area contributed by atoms with Gasteiger partial charge in [-0.05, 0) is 25.7 Å². The zero-order valence-corrected chi connectivity index (χ0v) is 10.4. The Labute approximate surface area is 97.6 Å². The maximum atomic E-state index is 12.1. The number of amides is 1. The molecule has 1 aliphatic carbocycles. The number of carbonyl (C=O) groups is 1. The Kier molecular flexibility index (Phi) is 4.33. The summed E-state index contributed by atoms with van der Waals surface area (Å²) in [5.74, 6) is -0.0947. The van der Waals surface area contributed by atoms with Crippen LogP contribution in [0.25, 0.3) is 0 Å². The molecular formula is C12H24N2O2. The highest BCUT2D eigenvalue weighted by atomic mass is 16.3. The zero-order chi connectivity index (χ0) is 12.2. The Balaban J connectivity index is 2.68. The first kappa shape index (κ1) is 13.5. The van der Waals surface area contributed by atoms with E-state index >= 15 is 0 Å². The Hall–Kier alpha value is -0.610. The van der Waals surface area contributed by atoms with Gasteiger partial charge in [-0.2, -0.15) is 0 Å². The Morgan fingerprint density at radius 2 is 1.88 bits per heavy atom. The molecule has 0 aromatic heterocycles. The van der Waals surface area contributed by atoms with Gasteiger partial charge in [0, 0.05) is 0 Å². The van der Waals surface area contributed by atoms with Crippen molar-refractivity contribution in [2.24, 2.45) is 5.73 Å². The van der Waals surface area contributed by atoms with Crippen molar-refractivity contribution >= 4 is 5.91 Å². The largest absolute Gasteiger partial charge is 0.394 e. The second-order valence-corrected chi connectivity index (χ2v) is 4.96. The van der Waals surface area contributed by atoms with E-state index in [0.29, 0.717) is 0 Å². The minimum atomic E-state index is -0.704. The molecule has 1 amide bonds. The number of aliphatic hydroxyl groups excluding tert-OH is 1. The van der Waals surface area contributed by atoms with E-state index in [4.69, 9.17) is 5.73 Å². The smallest absolute Gasteiger partial charge is 0.240 e. The predicted molar refractivity (Wildman–Crippen MR) is 63.9 cm³/mol. The molecule has 1 fully saturated rings. The lowest BCUT2D eigenvalue weighted by atomic mass is 9.90. The van der Waals surface area contributed by atoms with Gasteiger partial charge in [-0.3, -0.25) is 4.79 Å². The molecule has 0 spiro atoms. The molecule has 4 heteroatoms. The van der Waals surface area contributed by atoms with Crippen molar-refractivity contribution in [3.63, 3.8) is 0 Å². The third-order valence-corrected chi connectivity index (χ3v) is 3.98. The van der Waals surface area contributed by atoms with Gasteiger partial charge in [0.05, 0.1) is 17.7 Å². The summed E-state index contributed by atoms with van der Waals surface area (Å²) in [6.07, 6.45) is 5.01. The summed E-state index contributed by atoms with van der Waals surface area (Å²) in [6, 6.07) is 0. The van der Waals surface area contributed by atoms with Crippen molar-refractivity contribution in [2.75, 3.05) is 6.61 Å². The summed E-state index contributed by atoms with van der Waals surface area (Å²) < 4.78 is 0. The van der Waals surface area contributed by atoms with E-state index in [0.717, 1.165) is 38.5 Å². The van der Waals surface area contributed by atoms with Crippen molar-refractivity contribution in [3.05, 3.63) is 0 Å². The molecule has 0 saturated heterocycles. The van der Waals surface area contributed by atoms with E-state index < -0.39 is 11.1 Å². The average molecular weight is 228 g/mol. The summed E-state index contributed by atoms with van der Waals surface area (Å²) in [5, 5.41) is 12.3. The number of nitrogens with two attached hydrogens (primary N) is 1. The highest BCUT2D eigenvalue weighted by Crippen LogP contribution is 2.28. The van der Waals surface area contributed by atoms with E-state index in [9.17, 15) is 9.90 Å². The highest BCUT2D eigenvalue weighted by molar-refractivity contribution is 5.87. The number of aliphatic hydroxyl groups is 1. The van der Waals surface area contributed by atoms with Gasteiger partial charge in [0.1, 0.15) is 0 Å². The highest BCUT2D eigenvalue weighted by Gasteiger charge is 2.40. The van der Waals surface area contributed by atoms with Crippen LogP contribution in [0.5, 0.6) is 0 Å². The maximum Gasteiger partial charge on any atom is 0.240 e. The molecule has 0 unspecified atom stereocenters. The number of hydrogen-bond acceptors (Lipinski definition) is 3. The van der Waals surface area contributed by atoms with Gasteiger partial charge in [0.15, 0.2) is 0 Å². The van der Waals surface area contributed by atoms with Gasteiger partial charge < -0.3 is 16.2 Å². The first-order valence-electron chi connectivity index (χ1n) is 6.24. The van der Waals surface area contributed by atoms with E-state index in [2.05, 4.69) is 5.32 Å². The van der Waals surface area contributed by atoms with Crippen LogP contribution in [0.3, 0.4) is 0 Å². The van der Waals surface area contributed by atoms with Gasteiger partial charge in [0.25, 0.3) is 0 Å². The van der Waals surface area contributed by atoms with Gasteiger partial charge in [-0.25, -0.2) is 0 Å². The van der Waals surface area contributed by atoms with Crippen molar-refractivity contribution in [3.8, 4) is 0 Å². The van der Waals surface area contributed by atoms with Crippen molar-refractivity contribution in [1.82, 2.24) is 5.32 Å². The molecule has 16 heavy (non-hydrogen) atoms. The molecule has 94 valence electrons. The molecule has 0 aromatic rings. The zero-order valence-electron chi connectivity index (χ0n) is 10.4. The molecule has 0 radical (unpaired) electrons. The Bertz CT molecular complexity index is 235. The Morgan fingerprint density at radius 1 is 1.38 bits per heavy atom. The lowest BCUT2D eigenvalue weighted by Gasteiger charge is -2.34. The first-order valence-corrected chi connectivity index (χ1v) is 6.24. The number of nitrogens with one attached hydrogen (secondary N) is 1. The lowest BCUT2D eigenvalue weighted by molar-refractivity contribution is -0.129. The quantitative estimate of drug-likeness (QED) is 0.655. The van der Waals surface area contributed by atoms with Gasteiger partial charge >= 0.3 is 0 Å². The van der Waals surface area contributed by atoms with E-state index in [1.165, 1.54) is 0 Å². The minimum absolute atomic E-state index is 0.0260. The standard InChI is InChI=1S/C12H24N2O2/c1-3-11(4-2,9-15)14-10(16)12(13)7-5-6-8-12/h15H,3-9,13H2,1-2H3,(H,14,16). The monoisotopic (exact) mass is 228 g/mol. The molecule has 1 aliphatic rings. The predicted octanol–water partition coefficient (Wildman–Crippen LogP) is 0.925. The summed E-state index contributed by atoms with van der Waals surface area (Å²) in [5.41, 5.74) is 4.88. The van der Waals surface area contributed by atoms with Crippen LogP contribution in [-0.4, -0.2) is 28.7 Å². The van der Waals surface area contributed by atoms with Crippen molar-refractivity contribution < 1.29 is 9.90 Å². The van der Waals surface area contributed by atoms with Gasteiger partial charge in [-0.15, -0.1) is 0 Å². The van der Waals surface area contributed by atoms with E-state index in [-0.39, 0.29) is 12.5 Å². The molecule has 0 bridgehead atoms. The maximum absolute atomic E-state index is 12.1. The van der Waals surface area contributed by atoms with Crippen molar-refractivity contribution in [2.45, 2.75) is 63.5 Å². The fraction of sp³-hybridized carbons (Fsp3) is 0.917.